The molecule has 2 aromatic rings. The standard InChI is InChI=1S/C20H23NO4/c1-3-25-19(22)12-13-21(15-16-8-5-4-6-9-16)20(23)17-10-7-11-18(14-17)24-2/h4-11,14H,3,12-13,15H2,1-2H3. The van der Waals surface area contributed by atoms with Gasteiger partial charge in [0, 0.05) is 18.7 Å². The van der Waals surface area contributed by atoms with Gasteiger partial charge in [-0.05, 0) is 30.7 Å². The molecule has 25 heavy (non-hydrogen) atoms. The predicted molar refractivity (Wildman–Crippen MR) is 95.4 cm³/mol. The summed E-state index contributed by atoms with van der Waals surface area (Å²) in [7, 11) is 1.56. The van der Waals surface area contributed by atoms with Crippen LogP contribution in [0.3, 0.4) is 0 Å². The fourth-order valence-corrected chi connectivity index (χ4v) is 2.45. The SMILES string of the molecule is CCOC(=O)CCN(Cc1ccccc1)C(=O)c1cccc(OC)c1. The maximum absolute atomic E-state index is 12.9. The Labute approximate surface area is 148 Å². The monoisotopic (exact) mass is 341 g/mol. The maximum Gasteiger partial charge on any atom is 0.307 e. The lowest BCUT2D eigenvalue weighted by Crippen LogP contribution is -2.33. The predicted octanol–water partition coefficient (Wildman–Crippen LogP) is 3.29. The number of carbonyl (C=O) groups excluding carboxylic acids is 2. The zero-order valence-electron chi connectivity index (χ0n) is 14.6. The summed E-state index contributed by atoms with van der Waals surface area (Å²) >= 11 is 0. The first-order valence-corrected chi connectivity index (χ1v) is 8.27. The van der Waals surface area contributed by atoms with Gasteiger partial charge in [0.1, 0.15) is 5.75 Å². The normalized spacial score (nSPS) is 10.2. The molecule has 2 aromatic carbocycles. The van der Waals surface area contributed by atoms with E-state index in [1.807, 2.05) is 30.3 Å². The average molecular weight is 341 g/mol. The molecule has 0 radical (unpaired) electrons. The molecule has 0 saturated heterocycles. The summed E-state index contributed by atoms with van der Waals surface area (Å²) in [6.07, 6.45) is 0.163. The highest BCUT2D eigenvalue weighted by Crippen LogP contribution is 2.16. The zero-order chi connectivity index (χ0) is 18.1. The van der Waals surface area contributed by atoms with Crippen LogP contribution in [-0.4, -0.2) is 37.0 Å². The number of benzene rings is 2. The lowest BCUT2D eigenvalue weighted by atomic mass is 10.1. The van der Waals surface area contributed by atoms with Gasteiger partial charge in [0.2, 0.25) is 0 Å². The molecule has 0 heterocycles. The molecule has 0 aliphatic carbocycles. The van der Waals surface area contributed by atoms with Gasteiger partial charge in [-0.25, -0.2) is 0 Å². The van der Waals surface area contributed by atoms with Gasteiger partial charge in [-0.3, -0.25) is 9.59 Å². The highest BCUT2D eigenvalue weighted by molar-refractivity contribution is 5.94. The highest BCUT2D eigenvalue weighted by atomic mass is 16.5. The topological polar surface area (TPSA) is 55.8 Å². The molecule has 0 fully saturated rings. The second-order valence-electron chi connectivity index (χ2n) is 5.50. The van der Waals surface area contributed by atoms with E-state index in [0.29, 0.717) is 31.0 Å². The van der Waals surface area contributed by atoms with Crippen LogP contribution in [0.5, 0.6) is 5.75 Å². The summed E-state index contributed by atoms with van der Waals surface area (Å²) in [6.45, 7) is 2.82. The molecule has 0 aliphatic heterocycles. The van der Waals surface area contributed by atoms with E-state index in [4.69, 9.17) is 9.47 Å². The fourth-order valence-electron chi connectivity index (χ4n) is 2.45. The average Bonchev–Trinajstić information content (AvgIpc) is 2.65. The molecule has 0 saturated carbocycles. The molecule has 2 rings (SSSR count). The number of hydrogen-bond acceptors (Lipinski definition) is 4. The molecule has 5 heteroatoms. The van der Waals surface area contributed by atoms with Gasteiger partial charge >= 0.3 is 5.97 Å². The molecule has 132 valence electrons. The number of carbonyl (C=O) groups is 2. The lowest BCUT2D eigenvalue weighted by molar-refractivity contribution is -0.143. The second kappa shape index (κ2) is 9.47. The van der Waals surface area contributed by atoms with E-state index in [-0.39, 0.29) is 18.3 Å². The summed E-state index contributed by atoms with van der Waals surface area (Å²) in [5, 5.41) is 0. The van der Waals surface area contributed by atoms with E-state index in [1.54, 1.807) is 43.2 Å². The minimum atomic E-state index is -0.306. The molecule has 0 aliphatic rings. The van der Waals surface area contributed by atoms with Crippen molar-refractivity contribution in [1.82, 2.24) is 4.90 Å². The summed E-state index contributed by atoms with van der Waals surface area (Å²) in [4.78, 5) is 26.2. The number of esters is 1. The summed E-state index contributed by atoms with van der Waals surface area (Å²) in [5.41, 5.74) is 1.53. The first-order valence-electron chi connectivity index (χ1n) is 8.27. The Balaban J connectivity index is 2.16. The van der Waals surface area contributed by atoms with Crippen molar-refractivity contribution in [1.29, 1.82) is 0 Å². The van der Waals surface area contributed by atoms with Gasteiger partial charge in [0.15, 0.2) is 0 Å². The van der Waals surface area contributed by atoms with Crippen LogP contribution in [0.4, 0.5) is 0 Å². The van der Waals surface area contributed by atoms with Crippen LogP contribution in [0.25, 0.3) is 0 Å². The largest absolute Gasteiger partial charge is 0.497 e. The van der Waals surface area contributed by atoms with Crippen molar-refractivity contribution < 1.29 is 19.1 Å². The van der Waals surface area contributed by atoms with Crippen molar-refractivity contribution in [3.63, 3.8) is 0 Å². The second-order valence-corrected chi connectivity index (χ2v) is 5.50. The number of nitrogens with zero attached hydrogens (tertiary/aromatic N) is 1. The molecule has 0 unspecified atom stereocenters. The smallest absolute Gasteiger partial charge is 0.307 e. The minimum Gasteiger partial charge on any atom is -0.497 e. The van der Waals surface area contributed by atoms with Crippen LogP contribution in [0, 0.1) is 0 Å². The molecule has 0 bridgehead atoms. The van der Waals surface area contributed by atoms with Crippen LogP contribution in [0.2, 0.25) is 0 Å². The van der Waals surface area contributed by atoms with Crippen molar-refractivity contribution in [3.8, 4) is 5.75 Å². The van der Waals surface area contributed by atoms with E-state index in [1.165, 1.54) is 0 Å². The van der Waals surface area contributed by atoms with E-state index in [0.717, 1.165) is 5.56 Å². The first kappa shape index (κ1) is 18.5. The molecule has 0 aromatic heterocycles. The summed E-state index contributed by atoms with van der Waals surface area (Å²) in [6, 6.07) is 16.7. The Morgan fingerprint density at radius 2 is 1.80 bits per heavy atom. The first-order chi connectivity index (χ1) is 12.1. The van der Waals surface area contributed by atoms with Gasteiger partial charge in [0.05, 0.1) is 20.1 Å². The summed E-state index contributed by atoms with van der Waals surface area (Å²) < 4.78 is 10.2. The van der Waals surface area contributed by atoms with Crippen molar-refractivity contribution >= 4 is 11.9 Å². The van der Waals surface area contributed by atoms with E-state index in [9.17, 15) is 9.59 Å². The molecular formula is C20H23NO4. The molecule has 0 spiro atoms. The van der Waals surface area contributed by atoms with Crippen LogP contribution in [-0.2, 0) is 16.1 Å². The number of rotatable bonds is 8. The Hall–Kier alpha value is -2.82. The van der Waals surface area contributed by atoms with Crippen molar-refractivity contribution in [2.24, 2.45) is 0 Å². The fraction of sp³-hybridized carbons (Fsp3) is 0.300. The molecule has 5 nitrogen and oxygen atoms in total. The number of methoxy groups -OCH3 is 1. The Morgan fingerprint density at radius 1 is 1.04 bits per heavy atom. The number of amides is 1. The van der Waals surface area contributed by atoms with Gasteiger partial charge in [-0.15, -0.1) is 0 Å². The molecular weight excluding hydrogens is 318 g/mol. The van der Waals surface area contributed by atoms with E-state index in [2.05, 4.69) is 0 Å². The molecule has 0 atom stereocenters. The van der Waals surface area contributed by atoms with Crippen LogP contribution < -0.4 is 4.74 Å². The zero-order valence-corrected chi connectivity index (χ0v) is 14.6. The maximum atomic E-state index is 12.9. The van der Waals surface area contributed by atoms with Gasteiger partial charge < -0.3 is 14.4 Å². The Bertz CT molecular complexity index is 700. The van der Waals surface area contributed by atoms with Gasteiger partial charge in [-0.1, -0.05) is 36.4 Å². The number of ether oxygens (including phenoxy) is 2. The molecule has 0 N–H and O–H groups in total. The Kier molecular flexibility index (Phi) is 7.01. The number of hydrogen-bond donors (Lipinski definition) is 0. The quantitative estimate of drug-likeness (QED) is 0.692. The van der Waals surface area contributed by atoms with Crippen LogP contribution >= 0.6 is 0 Å². The third-order valence-corrected chi connectivity index (χ3v) is 3.71. The Morgan fingerprint density at radius 3 is 2.48 bits per heavy atom. The van der Waals surface area contributed by atoms with E-state index < -0.39 is 0 Å². The lowest BCUT2D eigenvalue weighted by Gasteiger charge is -2.23. The van der Waals surface area contributed by atoms with Gasteiger partial charge in [0.25, 0.3) is 5.91 Å². The van der Waals surface area contributed by atoms with E-state index >= 15 is 0 Å². The van der Waals surface area contributed by atoms with Crippen molar-refractivity contribution in [2.75, 3.05) is 20.3 Å². The van der Waals surface area contributed by atoms with Gasteiger partial charge in [-0.2, -0.15) is 0 Å². The third kappa shape index (κ3) is 5.64. The summed E-state index contributed by atoms with van der Waals surface area (Å²) in [5.74, 6) is 0.168. The minimum absolute atomic E-state index is 0.146. The highest BCUT2D eigenvalue weighted by Gasteiger charge is 2.18. The van der Waals surface area contributed by atoms with Crippen molar-refractivity contribution in [3.05, 3.63) is 65.7 Å². The molecule has 1 amide bonds. The van der Waals surface area contributed by atoms with Crippen LogP contribution in [0.15, 0.2) is 54.6 Å². The van der Waals surface area contributed by atoms with Crippen molar-refractivity contribution in [2.45, 2.75) is 19.9 Å². The van der Waals surface area contributed by atoms with Crippen LogP contribution in [0.1, 0.15) is 29.3 Å². The third-order valence-electron chi connectivity index (χ3n) is 3.71.